The first-order chi connectivity index (χ1) is 37.2. The summed E-state index contributed by atoms with van der Waals surface area (Å²) < 4.78 is 9.69. The predicted molar refractivity (Wildman–Crippen MR) is 354 cm³/mol. The Hall–Kier alpha value is -2.89. The monoisotopic (exact) mass is 1110 g/mol. The second kappa shape index (κ2) is 33.0. The molecule has 0 aliphatic heterocycles. The first kappa shape index (κ1) is 62.3. The second-order valence-corrected chi connectivity index (χ2v) is 41.6. The van der Waals surface area contributed by atoms with E-state index < -0.39 is 40.4 Å². The van der Waals surface area contributed by atoms with E-state index in [1.807, 2.05) is 6.26 Å². The molecule has 6 rings (SSSR count). The van der Waals surface area contributed by atoms with Crippen molar-refractivity contribution < 1.29 is 4.42 Å². The summed E-state index contributed by atoms with van der Waals surface area (Å²) in [5.41, 5.74) is 2.42. The molecule has 0 saturated carbocycles. The number of hydrogen-bond acceptors (Lipinski definition) is 2. The van der Waals surface area contributed by atoms with E-state index in [1.54, 1.807) is 15.6 Å². The second-order valence-electron chi connectivity index (χ2n) is 23.2. The van der Waals surface area contributed by atoms with Crippen LogP contribution < -0.4 is 36.8 Å². The molecule has 1 atom stereocenters. The number of unbranched alkanes of at least 4 members (excludes halogenated alkanes) is 9. The number of furan rings is 1. The van der Waals surface area contributed by atoms with Crippen LogP contribution in [-0.2, 0) is 6.54 Å². The van der Waals surface area contributed by atoms with Crippen molar-refractivity contribution in [1.29, 1.82) is 0 Å². The van der Waals surface area contributed by atoms with Gasteiger partial charge in [-0.3, -0.25) is 0 Å². The van der Waals surface area contributed by atoms with Crippen molar-refractivity contribution >= 4 is 88.1 Å². The molecule has 0 bridgehead atoms. The van der Waals surface area contributed by atoms with E-state index in [0.29, 0.717) is 0 Å². The lowest BCUT2D eigenvalue weighted by atomic mass is 10.2. The van der Waals surface area contributed by atoms with Crippen LogP contribution in [0.3, 0.4) is 0 Å². The summed E-state index contributed by atoms with van der Waals surface area (Å²) in [7, 11) is -7.29. The molecule has 2 nitrogen and oxygen atoms in total. The molecule has 1 unspecified atom stereocenters. The Morgan fingerprint density at radius 1 is 0.342 bits per heavy atom. The van der Waals surface area contributed by atoms with Gasteiger partial charge < -0.3 is 4.42 Å². The molecule has 5 aromatic carbocycles. The summed E-state index contributed by atoms with van der Waals surface area (Å²) in [6.45, 7) is 22.5. The molecule has 6 aromatic rings. The number of hydrogen-bond donors (Lipinski definition) is 0. The van der Waals surface area contributed by atoms with Crippen LogP contribution in [0, 0.1) is 0 Å². The number of nitrogens with zero attached hydrogens (tertiary/aromatic N) is 1. The molecule has 0 saturated heterocycles. The highest BCUT2D eigenvalue weighted by Crippen LogP contribution is 2.56. The molecule has 0 amide bonds. The van der Waals surface area contributed by atoms with Gasteiger partial charge in [-0.05, 0) is 33.6 Å². The lowest BCUT2D eigenvalue weighted by molar-refractivity contribution is 0.617. The van der Waals surface area contributed by atoms with Gasteiger partial charge in [0, 0.05) is 33.4 Å². The Kier molecular flexibility index (Phi) is 27.1. The van der Waals surface area contributed by atoms with Crippen molar-refractivity contribution in [2.75, 3.05) is 0 Å². The third kappa shape index (κ3) is 16.4. The van der Waals surface area contributed by atoms with Crippen LogP contribution in [0.25, 0.3) is 11.0 Å². The zero-order chi connectivity index (χ0) is 54.1. The molecule has 0 aliphatic rings. The van der Waals surface area contributed by atoms with Gasteiger partial charge in [-0.1, -0.05) is 363 Å². The largest absolute Gasteiger partial charge is 0.464 e. The summed E-state index contributed by atoms with van der Waals surface area (Å²) in [5.74, 6) is 0. The Morgan fingerprint density at radius 3 is 1.00 bits per heavy atom. The fourth-order valence-corrected chi connectivity index (χ4v) is 35.7. The average molecular weight is 1110 g/mol. The lowest BCUT2D eigenvalue weighted by Gasteiger charge is -2.40. The van der Waals surface area contributed by atoms with Gasteiger partial charge in [0.25, 0.3) is 0 Å². The fourth-order valence-electron chi connectivity index (χ4n) is 12.9. The van der Waals surface area contributed by atoms with E-state index in [0.717, 1.165) is 12.1 Å². The van der Waals surface area contributed by atoms with Crippen molar-refractivity contribution in [3.63, 3.8) is 0 Å². The molecular formula is C69H105NOP2Si3. The summed E-state index contributed by atoms with van der Waals surface area (Å²) >= 11 is 0. The van der Waals surface area contributed by atoms with E-state index >= 15 is 0 Å². The van der Waals surface area contributed by atoms with Gasteiger partial charge in [0.1, 0.15) is 5.58 Å². The number of rotatable bonds is 38. The van der Waals surface area contributed by atoms with Crippen LogP contribution in [-0.4, -0.2) is 28.7 Å². The van der Waals surface area contributed by atoms with Crippen LogP contribution >= 0.6 is 16.1 Å². The van der Waals surface area contributed by atoms with Gasteiger partial charge in [-0.15, -0.1) is 0 Å². The standard InChI is InChI=1S/C69H105NOP2Si3/c1-10-19-50-74(51-20-11-2,52-21-12-3)65-42-36-62(37-43-65)72(63-38-44-66(45-39-63)75(53-22-13-4,54-23-14-5)55-24-15-6)70(59-60-32-29-28-30-33-60)73(68-35-31-34-61-48-49-71-69(61)68)64-40-46-67(47-41-64)76(56-25-16-7,57-26-17-8)58-27-18-9/h28-49H,10-27,50-59H2,1-9H3. The Morgan fingerprint density at radius 2 is 0.671 bits per heavy atom. The first-order valence-corrected chi connectivity index (χ1v) is 41.9. The van der Waals surface area contributed by atoms with Crippen LogP contribution in [0.4, 0.5) is 0 Å². The maximum absolute atomic E-state index is 6.67. The zero-order valence-corrected chi connectivity index (χ0v) is 54.5. The van der Waals surface area contributed by atoms with Crippen molar-refractivity contribution in [2.45, 2.75) is 239 Å². The van der Waals surface area contributed by atoms with Crippen molar-refractivity contribution in [2.24, 2.45) is 0 Å². The maximum Gasteiger partial charge on any atom is 0.143 e. The normalized spacial score (nSPS) is 12.9. The van der Waals surface area contributed by atoms with E-state index in [4.69, 9.17) is 4.42 Å². The number of fused-ring (bicyclic) bond motifs is 1. The maximum atomic E-state index is 6.67. The molecule has 7 heteroatoms. The average Bonchev–Trinajstić information content (AvgIpc) is 3.96. The third-order valence-corrected chi connectivity index (χ3v) is 39.5. The minimum Gasteiger partial charge on any atom is -0.464 e. The molecule has 0 N–H and O–H groups in total. The first-order valence-electron chi connectivity index (χ1n) is 31.4. The summed E-state index contributed by atoms with van der Waals surface area (Å²) in [6, 6.07) is 65.4. The van der Waals surface area contributed by atoms with Crippen molar-refractivity contribution in [1.82, 2.24) is 4.44 Å². The summed E-state index contributed by atoms with van der Waals surface area (Å²) in [4.78, 5) is 0. The van der Waals surface area contributed by atoms with Crippen LogP contribution in [0.15, 0.2) is 138 Å². The van der Waals surface area contributed by atoms with E-state index in [-0.39, 0.29) is 0 Å². The SMILES string of the molecule is CCCC[Si](CCCC)(CCCC)c1ccc(P(c2ccc([Si](CCCC)(CCCC)CCCC)cc2)N(Cc2ccccc2)P(c2ccc([Si](CCCC)(CCCC)CCCC)cc2)c2cccc3ccoc23)cc1. The smallest absolute Gasteiger partial charge is 0.143 e. The molecule has 0 spiro atoms. The number of benzene rings is 5. The van der Waals surface area contributed by atoms with Crippen LogP contribution in [0.1, 0.15) is 183 Å². The predicted octanol–water partition coefficient (Wildman–Crippen LogP) is 19.5. The Bertz CT molecular complexity index is 2350. The number of para-hydroxylation sites is 1. The van der Waals surface area contributed by atoms with Crippen LogP contribution in [0.5, 0.6) is 0 Å². The molecule has 1 heterocycles. The lowest BCUT2D eigenvalue weighted by Crippen LogP contribution is -2.48. The molecular weight excluding hydrogens is 1000 g/mol. The van der Waals surface area contributed by atoms with E-state index in [9.17, 15) is 0 Å². The van der Waals surface area contributed by atoms with Gasteiger partial charge in [0.15, 0.2) is 0 Å². The highest BCUT2D eigenvalue weighted by molar-refractivity contribution is 7.84. The Labute approximate surface area is 472 Å². The zero-order valence-electron chi connectivity index (χ0n) is 49.8. The minimum atomic E-state index is -1.73. The topological polar surface area (TPSA) is 16.4 Å². The highest BCUT2D eigenvalue weighted by atomic mass is 31.2. The Balaban J connectivity index is 1.65. The van der Waals surface area contributed by atoms with E-state index in [1.165, 1.54) is 202 Å². The summed E-state index contributed by atoms with van der Waals surface area (Å²) in [5, 5.41) is 12.1. The van der Waals surface area contributed by atoms with Gasteiger partial charge in [-0.25, -0.2) is 4.44 Å². The van der Waals surface area contributed by atoms with Crippen molar-refractivity contribution in [3.8, 4) is 0 Å². The van der Waals surface area contributed by atoms with Crippen molar-refractivity contribution in [3.05, 3.63) is 139 Å². The van der Waals surface area contributed by atoms with Gasteiger partial charge in [-0.2, -0.15) is 0 Å². The fraction of sp³-hybridized carbons (Fsp3) is 0.536. The molecule has 1 aromatic heterocycles. The highest BCUT2D eigenvalue weighted by Gasteiger charge is 2.39. The minimum absolute atomic E-state index is 0.854. The van der Waals surface area contributed by atoms with Gasteiger partial charge in [0.2, 0.25) is 0 Å². The van der Waals surface area contributed by atoms with Crippen LogP contribution in [0.2, 0.25) is 54.4 Å². The molecule has 0 fully saturated rings. The molecule has 76 heavy (non-hydrogen) atoms. The third-order valence-electron chi connectivity index (χ3n) is 17.6. The quantitative estimate of drug-likeness (QED) is 0.0284. The molecule has 0 aliphatic carbocycles. The molecule has 0 radical (unpaired) electrons. The van der Waals surface area contributed by atoms with Gasteiger partial charge in [0.05, 0.1) is 30.5 Å². The van der Waals surface area contributed by atoms with Gasteiger partial charge >= 0.3 is 0 Å². The summed E-state index contributed by atoms with van der Waals surface area (Å²) in [6.07, 6.45) is 25.6. The molecule has 414 valence electrons. The van der Waals surface area contributed by atoms with E-state index in [2.05, 4.69) is 194 Å².